The number of fused-ring (bicyclic) bond motifs is 1. The van der Waals surface area contributed by atoms with Crippen LogP contribution in [0.5, 0.6) is 0 Å². The van der Waals surface area contributed by atoms with Crippen molar-refractivity contribution < 1.29 is 19.5 Å². The van der Waals surface area contributed by atoms with E-state index < -0.39 is 11.4 Å². The van der Waals surface area contributed by atoms with Gasteiger partial charge in [0.25, 0.3) is 0 Å². The molecule has 2 saturated heterocycles. The van der Waals surface area contributed by atoms with Crippen molar-refractivity contribution in [3.8, 4) is 0 Å². The van der Waals surface area contributed by atoms with Crippen molar-refractivity contribution in [2.75, 3.05) is 36.4 Å². The van der Waals surface area contributed by atoms with Crippen LogP contribution in [0.4, 0.5) is 11.4 Å². The van der Waals surface area contributed by atoms with Crippen LogP contribution in [0.15, 0.2) is 24.3 Å². The van der Waals surface area contributed by atoms with Crippen molar-refractivity contribution in [1.29, 1.82) is 0 Å². The zero-order chi connectivity index (χ0) is 19.0. The maximum atomic E-state index is 12.5. The van der Waals surface area contributed by atoms with Crippen LogP contribution in [0.25, 0.3) is 0 Å². The predicted molar refractivity (Wildman–Crippen MR) is 101 cm³/mol. The molecule has 1 aliphatic carbocycles. The lowest BCUT2D eigenvalue weighted by Crippen LogP contribution is -2.37. The summed E-state index contributed by atoms with van der Waals surface area (Å²) in [5, 5.41) is 12.5. The highest BCUT2D eigenvalue weighted by molar-refractivity contribution is 5.97. The van der Waals surface area contributed by atoms with Crippen LogP contribution in [-0.4, -0.2) is 54.0 Å². The first-order valence-corrected chi connectivity index (χ1v) is 9.64. The summed E-state index contributed by atoms with van der Waals surface area (Å²) in [4.78, 5) is 39.8. The average molecular weight is 371 g/mol. The molecule has 0 radical (unpaired) electrons. The van der Waals surface area contributed by atoms with E-state index in [4.69, 9.17) is 0 Å². The fraction of sp³-hybridized carbons (Fsp3) is 0.550. The summed E-state index contributed by atoms with van der Waals surface area (Å²) >= 11 is 0. The van der Waals surface area contributed by atoms with Crippen molar-refractivity contribution in [2.45, 2.75) is 32.1 Å². The number of anilines is 2. The van der Waals surface area contributed by atoms with Crippen molar-refractivity contribution >= 4 is 29.2 Å². The number of hydrogen-bond donors (Lipinski definition) is 2. The van der Waals surface area contributed by atoms with Crippen LogP contribution in [-0.2, 0) is 14.4 Å². The minimum Gasteiger partial charge on any atom is -0.481 e. The van der Waals surface area contributed by atoms with E-state index in [1.54, 1.807) is 11.0 Å². The van der Waals surface area contributed by atoms with Gasteiger partial charge in [-0.05, 0) is 43.4 Å². The topological polar surface area (TPSA) is 89.9 Å². The number of aliphatic carboxylic acids is 1. The van der Waals surface area contributed by atoms with Crippen molar-refractivity contribution in [3.63, 3.8) is 0 Å². The third kappa shape index (κ3) is 3.32. The summed E-state index contributed by atoms with van der Waals surface area (Å²) in [6, 6.07) is 7.32. The molecule has 7 heteroatoms. The van der Waals surface area contributed by atoms with E-state index in [2.05, 4.69) is 5.32 Å². The van der Waals surface area contributed by atoms with Gasteiger partial charge in [-0.25, -0.2) is 0 Å². The number of amides is 2. The molecule has 3 fully saturated rings. The van der Waals surface area contributed by atoms with Crippen LogP contribution in [0.2, 0.25) is 0 Å². The molecule has 27 heavy (non-hydrogen) atoms. The minimum atomic E-state index is -0.726. The lowest BCUT2D eigenvalue weighted by Gasteiger charge is -2.23. The van der Waals surface area contributed by atoms with Gasteiger partial charge >= 0.3 is 5.97 Å². The predicted octanol–water partition coefficient (Wildman–Crippen LogP) is 1.94. The largest absolute Gasteiger partial charge is 0.481 e. The van der Waals surface area contributed by atoms with Gasteiger partial charge in [0.15, 0.2) is 0 Å². The van der Waals surface area contributed by atoms with E-state index in [9.17, 15) is 19.5 Å². The Bertz CT molecular complexity index is 780. The number of likely N-dealkylation sites (tertiary alicyclic amines) is 1. The van der Waals surface area contributed by atoms with Crippen LogP contribution >= 0.6 is 0 Å². The molecular weight excluding hydrogens is 346 g/mol. The van der Waals surface area contributed by atoms with Crippen molar-refractivity contribution in [1.82, 2.24) is 4.90 Å². The molecule has 7 nitrogen and oxygen atoms in total. The number of carbonyl (C=O) groups is 3. The van der Waals surface area contributed by atoms with Crippen molar-refractivity contribution in [3.05, 3.63) is 24.3 Å². The fourth-order valence-corrected chi connectivity index (χ4v) is 4.94. The second-order valence-corrected chi connectivity index (χ2v) is 7.97. The van der Waals surface area contributed by atoms with Gasteiger partial charge in [0.05, 0.1) is 12.0 Å². The van der Waals surface area contributed by atoms with E-state index in [-0.39, 0.29) is 24.3 Å². The monoisotopic (exact) mass is 371 g/mol. The van der Waals surface area contributed by atoms with Gasteiger partial charge in [0.2, 0.25) is 11.8 Å². The fourth-order valence-electron chi connectivity index (χ4n) is 4.94. The molecule has 2 amide bonds. The van der Waals surface area contributed by atoms with Gasteiger partial charge in [-0.3, -0.25) is 19.3 Å². The molecule has 0 unspecified atom stereocenters. The van der Waals surface area contributed by atoms with E-state index in [1.165, 1.54) is 0 Å². The number of carbonyl (C=O) groups excluding carboxylic acids is 2. The van der Waals surface area contributed by atoms with E-state index in [1.807, 2.05) is 23.1 Å². The maximum Gasteiger partial charge on any atom is 0.311 e. The van der Waals surface area contributed by atoms with Crippen LogP contribution in [0, 0.1) is 11.3 Å². The van der Waals surface area contributed by atoms with Crippen LogP contribution < -0.4 is 10.2 Å². The molecule has 1 aromatic rings. The van der Waals surface area contributed by atoms with Gasteiger partial charge in [-0.2, -0.15) is 0 Å². The summed E-state index contributed by atoms with van der Waals surface area (Å²) in [5.74, 6) is -0.621. The summed E-state index contributed by atoms with van der Waals surface area (Å²) in [5.41, 5.74) is 0.788. The number of rotatable bonds is 5. The molecular formula is C20H25N3O4. The van der Waals surface area contributed by atoms with Gasteiger partial charge < -0.3 is 15.3 Å². The molecule has 2 N–H and O–H groups in total. The maximum absolute atomic E-state index is 12.5. The molecule has 144 valence electrons. The molecule has 2 atom stereocenters. The Morgan fingerprint density at radius 3 is 2.85 bits per heavy atom. The Labute approximate surface area is 158 Å². The first kappa shape index (κ1) is 18.0. The smallest absolute Gasteiger partial charge is 0.311 e. The highest BCUT2D eigenvalue weighted by Gasteiger charge is 2.54. The van der Waals surface area contributed by atoms with E-state index >= 15 is 0 Å². The van der Waals surface area contributed by atoms with Crippen LogP contribution in [0.1, 0.15) is 32.1 Å². The lowest BCUT2D eigenvalue weighted by atomic mass is 9.81. The SMILES string of the molecule is O=C(CN1C[C@@H]2CCC[C@@]2(C(=O)O)C1)Nc1cccc(N2CCCC2=O)c1. The zero-order valence-corrected chi connectivity index (χ0v) is 15.3. The summed E-state index contributed by atoms with van der Waals surface area (Å²) in [6.45, 7) is 2.02. The molecule has 0 aromatic heterocycles. The van der Waals surface area contributed by atoms with Crippen molar-refractivity contribution in [2.24, 2.45) is 11.3 Å². The molecule has 2 aliphatic heterocycles. The Balaban J connectivity index is 1.38. The average Bonchev–Trinajstić information content (AvgIpc) is 3.29. The Morgan fingerprint density at radius 2 is 2.15 bits per heavy atom. The summed E-state index contributed by atoms with van der Waals surface area (Å²) in [7, 11) is 0. The number of nitrogens with zero attached hydrogens (tertiary/aromatic N) is 2. The molecule has 1 aromatic carbocycles. The van der Waals surface area contributed by atoms with E-state index in [0.717, 1.165) is 24.9 Å². The number of carboxylic acids is 1. The third-order valence-corrected chi connectivity index (χ3v) is 6.25. The molecule has 0 spiro atoms. The quantitative estimate of drug-likeness (QED) is 0.826. The summed E-state index contributed by atoms with van der Waals surface area (Å²) < 4.78 is 0. The molecule has 4 rings (SSSR count). The van der Waals surface area contributed by atoms with Crippen LogP contribution in [0.3, 0.4) is 0 Å². The molecule has 0 bridgehead atoms. The summed E-state index contributed by atoms with van der Waals surface area (Å²) in [6.07, 6.45) is 4.02. The molecule has 3 aliphatic rings. The lowest BCUT2D eigenvalue weighted by molar-refractivity contribution is -0.149. The number of benzene rings is 1. The molecule has 2 heterocycles. The first-order chi connectivity index (χ1) is 13.0. The Morgan fingerprint density at radius 1 is 1.30 bits per heavy atom. The van der Waals surface area contributed by atoms with Gasteiger partial charge in [0.1, 0.15) is 0 Å². The third-order valence-electron chi connectivity index (χ3n) is 6.25. The second-order valence-electron chi connectivity index (χ2n) is 7.97. The highest BCUT2D eigenvalue weighted by atomic mass is 16.4. The molecule has 1 saturated carbocycles. The Hall–Kier alpha value is -2.41. The van der Waals surface area contributed by atoms with Gasteiger partial charge in [0, 0.05) is 37.4 Å². The standard InChI is InChI=1S/C20H25N3O4/c24-17(12-22-11-14-4-2-8-20(14,13-22)19(26)27)21-15-5-1-6-16(10-15)23-9-3-7-18(23)25/h1,5-6,10,14H,2-4,7-9,11-13H2,(H,21,24)(H,26,27)/t14-,20+/m0/s1. The van der Waals surface area contributed by atoms with E-state index in [0.29, 0.717) is 38.2 Å². The normalized spacial score (nSPS) is 27.8. The number of nitrogens with one attached hydrogen (secondary N) is 1. The Kier molecular flexibility index (Phi) is 4.63. The van der Waals surface area contributed by atoms with Gasteiger partial charge in [-0.15, -0.1) is 0 Å². The second kappa shape index (κ2) is 6.96. The highest BCUT2D eigenvalue weighted by Crippen LogP contribution is 2.48. The number of carboxylic acid groups (broad SMARTS) is 1. The minimum absolute atomic E-state index is 0.112. The number of hydrogen-bond acceptors (Lipinski definition) is 4. The zero-order valence-electron chi connectivity index (χ0n) is 15.3. The first-order valence-electron chi connectivity index (χ1n) is 9.64. The van der Waals surface area contributed by atoms with Gasteiger partial charge in [-0.1, -0.05) is 12.5 Å².